The molecule has 0 aromatic heterocycles. The lowest BCUT2D eigenvalue weighted by molar-refractivity contribution is -0.240. The molecule has 210 valence electrons. The monoisotopic (exact) mass is 588 g/mol. The summed E-state index contributed by atoms with van der Waals surface area (Å²) in [7, 11) is -17.0. The van der Waals surface area contributed by atoms with Crippen LogP contribution in [0, 0.1) is 0 Å². The van der Waals surface area contributed by atoms with Crippen molar-refractivity contribution in [3.63, 3.8) is 0 Å². The minimum Gasteiger partial charge on any atom is -0.455 e. The van der Waals surface area contributed by atoms with Crippen LogP contribution in [-0.2, 0) is 55.9 Å². The number of hydrogen-bond donors (Lipinski definition) is 6. The van der Waals surface area contributed by atoms with Gasteiger partial charge in [0.05, 0.1) is 0 Å². The highest BCUT2D eigenvalue weighted by Crippen LogP contribution is 2.51. The third-order valence-corrected chi connectivity index (χ3v) is 5.94. The van der Waals surface area contributed by atoms with Crippen molar-refractivity contribution in [2.24, 2.45) is 0 Å². The van der Waals surface area contributed by atoms with E-state index in [0.29, 0.717) is 0 Å². The first-order chi connectivity index (χ1) is 16.3. The Hall–Kier alpha value is -1.26. The molecule has 1 aliphatic rings. The predicted molar refractivity (Wildman–Crippen MR) is 111 cm³/mol. The van der Waals surface area contributed by atoms with E-state index in [4.69, 9.17) is 14.2 Å². The lowest BCUT2D eigenvalue weighted by atomic mass is 9.84. The van der Waals surface area contributed by atoms with E-state index in [2.05, 4.69) is 13.6 Å². The molecule has 0 saturated heterocycles. The third kappa shape index (κ3) is 10.6. The van der Waals surface area contributed by atoms with Gasteiger partial charge in [0.1, 0.15) is 18.3 Å². The molecule has 0 spiro atoms. The molecule has 1 saturated carbocycles. The quantitative estimate of drug-likeness (QED) is 0.0942. The van der Waals surface area contributed by atoms with Gasteiger partial charge >= 0.3 is 41.4 Å². The molecule has 1 aliphatic carbocycles. The van der Waals surface area contributed by atoms with E-state index < -0.39 is 78.0 Å². The first-order valence-electron chi connectivity index (χ1n) is 10.1. The smallest absolute Gasteiger partial charge is 0.455 e. The molecule has 6 atom stereocenters. The molecule has 0 aromatic carbocycles. The molecule has 18 nitrogen and oxygen atoms in total. The Morgan fingerprint density at radius 3 is 0.889 bits per heavy atom. The van der Waals surface area contributed by atoms with Crippen molar-refractivity contribution in [1.29, 1.82) is 0 Å². The summed E-state index contributed by atoms with van der Waals surface area (Å²) in [6, 6.07) is 0. The van der Waals surface area contributed by atoms with E-state index in [1.165, 1.54) is 20.8 Å². The molecule has 0 aliphatic heterocycles. The van der Waals surface area contributed by atoms with E-state index in [0.717, 1.165) is 0 Å². The van der Waals surface area contributed by atoms with E-state index >= 15 is 0 Å². The Bertz CT molecular complexity index is 880. The van der Waals surface area contributed by atoms with Crippen molar-refractivity contribution in [3.8, 4) is 0 Å². The molecule has 1 rings (SSSR count). The largest absolute Gasteiger partial charge is 0.470 e. The summed E-state index contributed by atoms with van der Waals surface area (Å²) in [5, 5.41) is 0. The van der Waals surface area contributed by atoms with Crippen molar-refractivity contribution in [3.05, 3.63) is 0 Å². The standard InChI is InChI=1S/C15H27O18P3/c1-4-7(16)28-10-11(29-8(17)5-2)13(31-34(19,20)21)15(33-36(25,26)27)14(32-35(22,23)24)12(10)30-9(18)6-3/h10-15H,4-6H2,1-3H3,(H2,19,20,21)(H2,22,23,24)(H2,25,26,27)/t10?,11-,12+,13-,14-,15?/m0/s1. The van der Waals surface area contributed by atoms with Crippen LogP contribution in [0.4, 0.5) is 0 Å². The zero-order valence-corrected chi connectivity index (χ0v) is 21.7. The fraction of sp³-hybridized carbons (Fsp3) is 0.800. The zero-order valence-electron chi connectivity index (χ0n) is 19.0. The third-order valence-electron chi connectivity index (χ3n) is 4.39. The highest BCUT2D eigenvalue weighted by Gasteiger charge is 2.62. The molecule has 1 fully saturated rings. The van der Waals surface area contributed by atoms with Crippen molar-refractivity contribution in [1.82, 2.24) is 0 Å². The van der Waals surface area contributed by atoms with Gasteiger partial charge < -0.3 is 43.6 Å². The van der Waals surface area contributed by atoms with Gasteiger partial charge in [0.15, 0.2) is 18.3 Å². The molecule has 0 heterocycles. The van der Waals surface area contributed by atoms with E-state index in [1.54, 1.807) is 0 Å². The highest BCUT2D eigenvalue weighted by atomic mass is 31.2. The number of rotatable bonds is 12. The van der Waals surface area contributed by atoms with Gasteiger partial charge in [-0.3, -0.25) is 28.0 Å². The summed E-state index contributed by atoms with van der Waals surface area (Å²) in [5.74, 6) is -3.29. The van der Waals surface area contributed by atoms with Gasteiger partial charge in [-0.2, -0.15) is 0 Å². The van der Waals surface area contributed by atoms with Crippen molar-refractivity contribution < 1.29 is 85.2 Å². The summed E-state index contributed by atoms with van der Waals surface area (Å²) < 4.78 is 63.8. The Morgan fingerprint density at radius 1 is 0.500 bits per heavy atom. The van der Waals surface area contributed by atoms with E-state index in [-0.39, 0.29) is 19.3 Å². The summed E-state index contributed by atoms with van der Waals surface area (Å²) in [6.07, 6.45) is -15.1. The molecule has 2 unspecified atom stereocenters. The normalized spacial score (nSPS) is 27.2. The van der Waals surface area contributed by atoms with Crippen LogP contribution in [0.1, 0.15) is 40.0 Å². The number of ether oxygens (including phenoxy) is 3. The highest BCUT2D eigenvalue weighted by molar-refractivity contribution is 7.47. The van der Waals surface area contributed by atoms with Gasteiger partial charge in [-0.25, -0.2) is 13.7 Å². The Balaban J connectivity index is 3.93. The fourth-order valence-corrected chi connectivity index (χ4v) is 4.74. The second-order valence-corrected chi connectivity index (χ2v) is 10.7. The van der Waals surface area contributed by atoms with Crippen LogP contribution in [0.3, 0.4) is 0 Å². The van der Waals surface area contributed by atoms with Gasteiger partial charge in [0.2, 0.25) is 0 Å². The first-order valence-corrected chi connectivity index (χ1v) is 14.7. The van der Waals surface area contributed by atoms with Crippen LogP contribution in [0.25, 0.3) is 0 Å². The van der Waals surface area contributed by atoms with Crippen LogP contribution in [0.15, 0.2) is 0 Å². The fourth-order valence-electron chi connectivity index (χ4n) is 3.06. The van der Waals surface area contributed by atoms with Crippen molar-refractivity contribution in [2.75, 3.05) is 0 Å². The number of carbonyl (C=O) groups excluding carboxylic acids is 3. The van der Waals surface area contributed by atoms with Crippen molar-refractivity contribution >= 4 is 41.4 Å². The topological polar surface area (TPSA) is 279 Å². The molecule has 0 radical (unpaired) electrons. The molecule has 0 amide bonds. The number of hydrogen-bond acceptors (Lipinski definition) is 12. The average Bonchev–Trinajstić information content (AvgIpc) is 2.72. The molecular weight excluding hydrogens is 561 g/mol. The SMILES string of the molecule is CCC(=O)OC1[C@@H](OC(=O)CC)[C@H](OP(=O)(O)O)C(OP(=O)(O)O)[C@@H](OP(=O)(O)O)[C@H]1OC(=O)CC. The Labute approximate surface area is 203 Å². The van der Waals surface area contributed by atoms with Gasteiger partial charge in [0.25, 0.3) is 0 Å². The second-order valence-electron chi connectivity index (χ2n) is 7.11. The van der Waals surface area contributed by atoms with Crippen LogP contribution in [0.5, 0.6) is 0 Å². The summed E-state index contributed by atoms with van der Waals surface area (Å²) in [5.41, 5.74) is 0. The molecule has 21 heteroatoms. The van der Waals surface area contributed by atoms with Crippen LogP contribution in [-0.4, -0.2) is 83.9 Å². The van der Waals surface area contributed by atoms with Gasteiger partial charge in [-0.15, -0.1) is 0 Å². The first kappa shape index (κ1) is 32.8. The number of esters is 3. The number of phosphoric acid groups is 3. The summed E-state index contributed by atoms with van der Waals surface area (Å²) in [6.45, 7) is 3.88. The lowest BCUT2D eigenvalue weighted by Gasteiger charge is -2.47. The van der Waals surface area contributed by atoms with Gasteiger partial charge in [-0.05, 0) is 0 Å². The van der Waals surface area contributed by atoms with Crippen LogP contribution in [0.2, 0.25) is 0 Å². The van der Waals surface area contributed by atoms with E-state index in [9.17, 15) is 57.4 Å². The van der Waals surface area contributed by atoms with Crippen LogP contribution < -0.4 is 0 Å². The summed E-state index contributed by atoms with van der Waals surface area (Å²) >= 11 is 0. The van der Waals surface area contributed by atoms with Crippen LogP contribution >= 0.6 is 23.5 Å². The number of phosphoric ester groups is 3. The van der Waals surface area contributed by atoms with Gasteiger partial charge in [-0.1, -0.05) is 20.8 Å². The van der Waals surface area contributed by atoms with Crippen molar-refractivity contribution in [2.45, 2.75) is 76.7 Å². The molecule has 36 heavy (non-hydrogen) atoms. The Morgan fingerprint density at radius 2 is 0.694 bits per heavy atom. The predicted octanol–water partition coefficient (Wildman–Crippen LogP) is -0.601. The zero-order chi connectivity index (χ0) is 28.1. The minimum absolute atomic E-state index is 0.351. The lowest BCUT2D eigenvalue weighted by Crippen LogP contribution is -2.67. The molecule has 0 aromatic rings. The Kier molecular flexibility index (Phi) is 11.8. The molecule has 0 bridgehead atoms. The maximum Gasteiger partial charge on any atom is 0.470 e. The minimum atomic E-state index is -5.68. The molecule has 6 N–H and O–H groups in total. The average molecular weight is 588 g/mol. The second kappa shape index (κ2) is 13.0. The maximum atomic E-state index is 12.1. The molecular formula is C15H27O18P3. The maximum absolute atomic E-state index is 12.1. The van der Waals surface area contributed by atoms with E-state index in [1.807, 2.05) is 0 Å². The summed E-state index contributed by atoms with van der Waals surface area (Å²) in [4.78, 5) is 92.6. The number of carbonyl (C=O) groups is 3. The van der Waals surface area contributed by atoms with Gasteiger partial charge in [0, 0.05) is 19.3 Å².